The second-order valence-electron chi connectivity index (χ2n) is 7.98. The van der Waals surface area contributed by atoms with Gasteiger partial charge in [-0.1, -0.05) is 36.9 Å². The van der Waals surface area contributed by atoms with Crippen molar-refractivity contribution in [2.24, 2.45) is 0 Å². The van der Waals surface area contributed by atoms with E-state index in [9.17, 15) is 0 Å². The molecule has 3 aromatic carbocycles. The van der Waals surface area contributed by atoms with Crippen molar-refractivity contribution in [2.75, 3.05) is 13.2 Å². The fourth-order valence-corrected chi connectivity index (χ4v) is 3.45. The maximum atomic E-state index is 9.16. The average Bonchev–Trinajstić information content (AvgIpc) is 2.75. The zero-order valence-electron chi connectivity index (χ0n) is 18.4. The molecule has 4 heteroatoms. The van der Waals surface area contributed by atoms with Crippen molar-refractivity contribution < 1.29 is 14.2 Å². The van der Waals surface area contributed by atoms with Gasteiger partial charge in [0, 0.05) is 5.39 Å². The van der Waals surface area contributed by atoms with E-state index >= 15 is 0 Å². The molecule has 0 aliphatic carbocycles. The number of nitrogens with zero attached hydrogens (tertiary/aromatic N) is 1. The molecular weight excluding hydrogens is 386 g/mol. The third-order valence-electron chi connectivity index (χ3n) is 4.77. The highest BCUT2D eigenvalue weighted by Crippen LogP contribution is 2.27. The molecule has 0 saturated heterocycles. The molecule has 1 atom stereocenters. The zero-order chi connectivity index (χ0) is 22.2. The van der Waals surface area contributed by atoms with Gasteiger partial charge in [0.15, 0.2) is 0 Å². The van der Waals surface area contributed by atoms with Crippen molar-refractivity contribution in [2.45, 2.75) is 39.4 Å². The first-order chi connectivity index (χ1) is 14.9. The van der Waals surface area contributed by atoms with Crippen LogP contribution in [0.25, 0.3) is 10.8 Å². The lowest BCUT2D eigenvalue weighted by atomic mass is 10.1. The molecule has 160 valence electrons. The van der Waals surface area contributed by atoms with Crippen LogP contribution < -0.4 is 9.47 Å². The highest BCUT2D eigenvalue weighted by molar-refractivity contribution is 5.89. The predicted molar refractivity (Wildman–Crippen MR) is 125 cm³/mol. The van der Waals surface area contributed by atoms with Crippen LogP contribution in [-0.4, -0.2) is 25.4 Å². The summed E-state index contributed by atoms with van der Waals surface area (Å²) >= 11 is 0. The van der Waals surface area contributed by atoms with Crippen molar-refractivity contribution in [1.82, 2.24) is 0 Å². The highest BCUT2D eigenvalue weighted by Gasteiger charge is 2.08. The summed E-state index contributed by atoms with van der Waals surface area (Å²) in [7, 11) is 0. The second kappa shape index (κ2) is 10.7. The maximum absolute atomic E-state index is 9.16. The maximum Gasteiger partial charge on any atom is 0.127 e. The molecule has 31 heavy (non-hydrogen) atoms. The third-order valence-corrected chi connectivity index (χ3v) is 4.77. The summed E-state index contributed by atoms with van der Waals surface area (Å²) in [6.07, 6.45) is 1.21. The Kier molecular flexibility index (Phi) is 7.70. The topological polar surface area (TPSA) is 51.5 Å². The summed E-state index contributed by atoms with van der Waals surface area (Å²) < 4.78 is 17.7. The fraction of sp³-hybridized carbons (Fsp3) is 0.296. The van der Waals surface area contributed by atoms with Crippen LogP contribution in [0.4, 0.5) is 0 Å². The molecule has 0 N–H and O–H groups in total. The summed E-state index contributed by atoms with van der Waals surface area (Å²) in [6.45, 7) is 11.0. The zero-order valence-corrected chi connectivity index (χ0v) is 18.4. The van der Waals surface area contributed by atoms with Gasteiger partial charge in [-0.05, 0) is 74.0 Å². The first-order valence-electron chi connectivity index (χ1n) is 10.5. The fourth-order valence-electron chi connectivity index (χ4n) is 3.45. The average molecular weight is 416 g/mol. The number of benzene rings is 3. The Hall–Kier alpha value is -3.29. The van der Waals surface area contributed by atoms with Gasteiger partial charge in [-0.25, -0.2) is 0 Å². The van der Waals surface area contributed by atoms with Crippen LogP contribution in [0.2, 0.25) is 0 Å². The molecule has 3 rings (SSSR count). The van der Waals surface area contributed by atoms with Gasteiger partial charge < -0.3 is 14.2 Å². The van der Waals surface area contributed by atoms with E-state index in [0.717, 1.165) is 34.3 Å². The van der Waals surface area contributed by atoms with E-state index < -0.39 is 0 Å². The van der Waals surface area contributed by atoms with E-state index in [1.807, 2.05) is 68.4 Å². The molecule has 0 spiro atoms. The van der Waals surface area contributed by atoms with Crippen LogP contribution in [0.15, 0.2) is 72.8 Å². The molecule has 0 fully saturated rings. The van der Waals surface area contributed by atoms with Gasteiger partial charge in [0.25, 0.3) is 0 Å². The molecule has 0 heterocycles. The van der Waals surface area contributed by atoms with E-state index in [1.165, 1.54) is 5.56 Å². The summed E-state index contributed by atoms with van der Waals surface area (Å²) in [6, 6.07) is 21.7. The first-order valence-corrected chi connectivity index (χ1v) is 10.5. The highest BCUT2D eigenvalue weighted by atomic mass is 16.5. The minimum absolute atomic E-state index is 0.154. The number of ether oxygens (including phenoxy) is 3. The molecule has 0 aromatic heterocycles. The summed E-state index contributed by atoms with van der Waals surface area (Å²) in [5.74, 6) is 1.54. The Balaban J connectivity index is 1.55. The largest absolute Gasteiger partial charge is 0.489 e. The number of rotatable bonds is 10. The van der Waals surface area contributed by atoms with Gasteiger partial charge in [0.05, 0.1) is 23.8 Å². The third kappa shape index (κ3) is 6.60. The minimum atomic E-state index is 0.154. The SMILES string of the molecule is C=C(COc1cccc(CC(C)OC(C)C)c1)COc1cccc2ccc(C#N)cc12. The molecule has 0 aliphatic heterocycles. The van der Waals surface area contributed by atoms with E-state index in [0.29, 0.717) is 18.8 Å². The Bertz CT molecular complexity index is 1080. The molecule has 0 radical (unpaired) electrons. The van der Waals surface area contributed by atoms with E-state index in [2.05, 4.69) is 25.6 Å². The monoisotopic (exact) mass is 415 g/mol. The Morgan fingerprint density at radius 2 is 1.74 bits per heavy atom. The lowest BCUT2D eigenvalue weighted by Crippen LogP contribution is -2.16. The van der Waals surface area contributed by atoms with E-state index in [4.69, 9.17) is 19.5 Å². The van der Waals surface area contributed by atoms with Crippen molar-refractivity contribution in [1.29, 1.82) is 5.26 Å². The Labute approximate surface area is 184 Å². The van der Waals surface area contributed by atoms with Gasteiger partial charge in [-0.15, -0.1) is 0 Å². The van der Waals surface area contributed by atoms with Crippen LogP contribution in [0.5, 0.6) is 11.5 Å². The molecule has 4 nitrogen and oxygen atoms in total. The van der Waals surface area contributed by atoms with Crippen LogP contribution in [0, 0.1) is 11.3 Å². The Morgan fingerprint density at radius 1 is 0.968 bits per heavy atom. The summed E-state index contributed by atoms with van der Waals surface area (Å²) in [4.78, 5) is 0. The number of hydrogen-bond donors (Lipinski definition) is 0. The van der Waals surface area contributed by atoms with Crippen LogP contribution in [0.3, 0.4) is 0 Å². The van der Waals surface area contributed by atoms with Gasteiger partial charge in [0.2, 0.25) is 0 Å². The van der Waals surface area contributed by atoms with E-state index in [-0.39, 0.29) is 12.2 Å². The second-order valence-corrected chi connectivity index (χ2v) is 7.98. The molecule has 0 amide bonds. The molecular formula is C27H29NO3. The molecule has 0 saturated carbocycles. The van der Waals surface area contributed by atoms with Gasteiger partial charge in [-0.2, -0.15) is 5.26 Å². The lowest BCUT2D eigenvalue weighted by Gasteiger charge is -2.17. The van der Waals surface area contributed by atoms with E-state index in [1.54, 1.807) is 0 Å². The van der Waals surface area contributed by atoms with Crippen molar-refractivity contribution in [3.63, 3.8) is 0 Å². The first kappa shape index (κ1) is 22.4. The Morgan fingerprint density at radius 3 is 2.52 bits per heavy atom. The summed E-state index contributed by atoms with van der Waals surface area (Å²) in [5.41, 5.74) is 2.62. The molecule has 0 aliphatic rings. The molecule has 1 unspecified atom stereocenters. The van der Waals surface area contributed by atoms with Crippen molar-refractivity contribution in [3.05, 3.63) is 83.9 Å². The van der Waals surface area contributed by atoms with Gasteiger partial charge in [0.1, 0.15) is 24.7 Å². The van der Waals surface area contributed by atoms with Gasteiger partial charge >= 0.3 is 0 Å². The number of fused-ring (bicyclic) bond motifs is 1. The van der Waals surface area contributed by atoms with Crippen LogP contribution in [0.1, 0.15) is 31.9 Å². The smallest absolute Gasteiger partial charge is 0.127 e. The standard InChI is InChI=1S/C27H29NO3/c1-19(2)31-21(4)13-22-7-5-9-25(14-22)29-17-20(3)18-30-27-10-6-8-24-12-11-23(16-28)15-26(24)27/h5-12,14-15,19,21H,3,13,17-18H2,1-2,4H3. The summed E-state index contributed by atoms with van der Waals surface area (Å²) in [5, 5.41) is 11.1. The molecule has 0 bridgehead atoms. The minimum Gasteiger partial charge on any atom is -0.489 e. The van der Waals surface area contributed by atoms with Crippen molar-refractivity contribution >= 4 is 10.8 Å². The van der Waals surface area contributed by atoms with Crippen molar-refractivity contribution in [3.8, 4) is 17.6 Å². The molecule has 3 aromatic rings. The van der Waals surface area contributed by atoms with Gasteiger partial charge in [-0.3, -0.25) is 0 Å². The number of hydrogen-bond acceptors (Lipinski definition) is 4. The normalized spacial score (nSPS) is 11.8. The quantitative estimate of drug-likeness (QED) is 0.377. The number of nitriles is 1. The predicted octanol–water partition coefficient (Wildman–Crippen LogP) is 6.08. The lowest BCUT2D eigenvalue weighted by molar-refractivity contribution is 0.0194. The van der Waals surface area contributed by atoms with Crippen LogP contribution in [-0.2, 0) is 11.2 Å². The van der Waals surface area contributed by atoms with Crippen LogP contribution >= 0.6 is 0 Å².